The average molecular weight is 727 g/mol. The zero-order valence-corrected chi connectivity index (χ0v) is 30.6. The number of anilines is 3. The molecule has 11 aromatic rings. The molecule has 11 rings (SSSR count). The van der Waals surface area contributed by atoms with Gasteiger partial charge >= 0.3 is 0 Å². The lowest BCUT2D eigenvalue weighted by Crippen LogP contribution is -2.10. The minimum atomic E-state index is 0.860. The molecule has 0 spiro atoms. The van der Waals surface area contributed by atoms with E-state index in [0.29, 0.717) is 0 Å². The zero-order chi connectivity index (χ0) is 35.6. The van der Waals surface area contributed by atoms with Gasteiger partial charge in [0.2, 0.25) is 0 Å². The van der Waals surface area contributed by atoms with Crippen molar-refractivity contribution >= 4 is 92.1 Å². The fourth-order valence-corrected chi connectivity index (χ4v) is 9.90. The molecular weight excluding hydrogens is 697 g/mol. The third-order valence-corrected chi connectivity index (χ3v) is 12.6. The van der Waals surface area contributed by atoms with Crippen molar-refractivity contribution in [3.8, 4) is 32.8 Å². The van der Waals surface area contributed by atoms with Crippen molar-refractivity contribution in [3.05, 3.63) is 182 Å². The minimum absolute atomic E-state index is 0.860. The summed E-state index contributed by atoms with van der Waals surface area (Å²) in [6.07, 6.45) is 0. The maximum absolute atomic E-state index is 6.37. The van der Waals surface area contributed by atoms with Crippen molar-refractivity contribution < 1.29 is 4.42 Å². The first-order valence-electron chi connectivity index (χ1n) is 18.0. The molecule has 0 radical (unpaired) electrons. The average Bonchev–Trinajstić information content (AvgIpc) is 3.96. The summed E-state index contributed by atoms with van der Waals surface area (Å²) in [6.45, 7) is 0. The molecule has 0 aliphatic rings. The summed E-state index contributed by atoms with van der Waals surface area (Å²) in [5.41, 5.74) is 11.9. The van der Waals surface area contributed by atoms with Crippen LogP contribution in [0.1, 0.15) is 0 Å². The summed E-state index contributed by atoms with van der Waals surface area (Å²) in [6, 6.07) is 65.0. The van der Waals surface area contributed by atoms with Crippen LogP contribution in [-0.4, -0.2) is 4.98 Å². The normalized spacial score (nSPS) is 11.7. The van der Waals surface area contributed by atoms with Gasteiger partial charge in [-0.15, -0.1) is 22.7 Å². The molecule has 0 saturated carbocycles. The molecule has 0 atom stereocenters. The standard InChI is InChI=1S/C49H30N2OS2/c1-3-10-31(11-4-1)32-18-23-36(24-19-32)51(41-16-9-15-39-38-14-7-8-17-44(38)53-48(39)41)37-25-20-33(21-26-37)35-22-27-42-40(30-35)46-43(52-42)28-29-45-47(46)50-49(54-45)34-12-5-2-6-13-34/h1-30H. The molecule has 0 unspecified atom stereocenters. The molecule has 254 valence electrons. The lowest BCUT2D eigenvalue weighted by atomic mass is 10.0. The van der Waals surface area contributed by atoms with Crippen molar-refractivity contribution in [1.29, 1.82) is 0 Å². The highest BCUT2D eigenvalue weighted by molar-refractivity contribution is 7.26. The van der Waals surface area contributed by atoms with Crippen LogP contribution in [0.4, 0.5) is 17.1 Å². The quantitative estimate of drug-likeness (QED) is 0.171. The van der Waals surface area contributed by atoms with Crippen molar-refractivity contribution in [3.63, 3.8) is 0 Å². The summed E-state index contributed by atoms with van der Waals surface area (Å²) < 4.78 is 10.1. The Morgan fingerprint density at radius 3 is 1.80 bits per heavy atom. The Morgan fingerprint density at radius 1 is 0.426 bits per heavy atom. The van der Waals surface area contributed by atoms with Gasteiger partial charge in [-0.1, -0.05) is 121 Å². The molecule has 3 heterocycles. The number of thiazole rings is 1. The van der Waals surface area contributed by atoms with Crippen molar-refractivity contribution in [1.82, 2.24) is 4.98 Å². The Morgan fingerprint density at radius 2 is 1.04 bits per heavy atom. The van der Waals surface area contributed by atoms with Gasteiger partial charge in [-0.2, -0.15) is 0 Å². The van der Waals surface area contributed by atoms with E-state index in [1.165, 1.54) is 37.0 Å². The van der Waals surface area contributed by atoms with Crippen LogP contribution in [0.3, 0.4) is 0 Å². The Kier molecular flexibility index (Phi) is 7.22. The molecule has 5 heteroatoms. The van der Waals surface area contributed by atoms with Crippen molar-refractivity contribution in [2.24, 2.45) is 0 Å². The molecule has 3 nitrogen and oxygen atoms in total. The molecule has 0 aliphatic carbocycles. The van der Waals surface area contributed by atoms with Gasteiger partial charge in [0, 0.05) is 37.8 Å². The number of thiophene rings is 1. The van der Waals surface area contributed by atoms with E-state index in [9.17, 15) is 0 Å². The smallest absolute Gasteiger partial charge is 0.137 e. The molecule has 0 aliphatic heterocycles. The third kappa shape index (κ3) is 5.12. The summed E-state index contributed by atoms with van der Waals surface area (Å²) in [4.78, 5) is 7.53. The lowest BCUT2D eigenvalue weighted by molar-refractivity contribution is 0.669. The number of fused-ring (bicyclic) bond motifs is 8. The first kappa shape index (κ1) is 31.0. The van der Waals surface area contributed by atoms with Crippen LogP contribution in [0, 0.1) is 0 Å². The number of hydrogen-bond donors (Lipinski definition) is 0. The second-order valence-electron chi connectivity index (χ2n) is 13.5. The summed E-state index contributed by atoms with van der Waals surface area (Å²) in [5.74, 6) is 0. The van der Waals surface area contributed by atoms with Gasteiger partial charge in [0.15, 0.2) is 0 Å². The van der Waals surface area contributed by atoms with E-state index in [1.54, 1.807) is 11.3 Å². The fraction of sp³-hybridized carbons (Fsp3) is 0. The van der Waals surface area contributed by atoms with E-state index in [1.807, 2.05) is 17.4 Å². The summed E-state index contributed by atoms with van der Waals surface area (Å²) in [5, 5.41) is 5.74. The van der Waals surface area contributed by atoms with Gasteiger partial charge in [-0.3, -0.25) is 0 Å². The molecule has 0 amide bonds. The maximum atomic E-state index is 6.37. The van der Waals surface area contributed by atoms with Gasteiger partial charge in [0.25, 0.3) is 0 Å². The summed E-state index contributed by atoms with van der Waals surface area (Å²) in [7, 11) is 0. The van der Waals surface area contributed by atoms with E-state index in [-0.39, 0.29) is 0 Å². The number of nitrogens with zero attached hydrogens (tertiary/aromatic N) is 2. The third-order valence-electron chi connectivity index (χ3n) is 10.3. The largest absolute Gasteiger partial charge is 0.456 e. The van der Waals surface area contributed by atoms with Gasteiger partial charge in [-0.05, 0) is 82.9 Å². The van der Waals surface area contributed by atoms with Crippen molar-refractivity contribution in [2.75, 3.05) is 4.90 Å². The maximum Gasteiger partial charge on any atom is 0.137 e. The van der Waals surface area contributed by atoms with Crippen LogP contribution in [0.2, 0.25) is 0 Å². The number of aromatic nitrogens is 1. The van der Waals surface area contributed by atoms with E-state index >= 15 is 0 Å². The molecule has 8 aromatic carbocycles. The summed E-state index contributed by atoms with van der Waals surface area (Å²) >= 11 is 3.58. The number of rotatable bonds is 6. The molecule has 0 N–H and O–H groups in total. The van der Waals surface area contributed by atoms with Crippen LogP contribution < -0.4 is 4.90 Å². The van der Waals surface area contributed by atoms with Crippen LogP contribution >= 0.6 is 22.7 Å². The van der Waals surface area contributed by atoms with Gasteiger partial charge < -0.3 is 9.32 Å². The number of hydrogen-bond acceptors (Lipinski definition) is 5. The van der Waals surface area contributed by atoms with E-state index in [2.05, 4.69) is 181 Å². The molecule has 0 saturated heterocycles. The topological polar surface area (TPSA) is 29.3 Å². The first-order chi connectivity index (χ1) is 26.7. The molecular formula is C49H30N2OS2. The molecule has 3 aromatic heterocycles. The molecule has 0 bridgehead atoms. The predicted octanol–water partition coefficient (Wildman–Crippen LogP) is 15.0. The van der Waals surface area contributed by atoms with Gasteiger partial charge in [-0.25, -0.2) is 4.98 Å². The van der Waals surface area contributed by atoms with E-state index in [0.717, 1.165) is 65.2 Å². The lowest BCUT2D eigenvalue weighted by Gasteiger charge is -2.26. The molecule has 54 heavy (non-hydrogen) atoms. The van der Waals surface area contributed by atoms with Gasteiger partial charge in [0.05, 0.1) is 26.0 Å². The number of furan rings is 1. The van der Waals surface area contributed by atoms with Crippen LogP contribution in [0.25, 0.3) is 85.2 Å². The van der Waals surface area contributed by atoms with Gasteiger partial charge in [0.1, 0.15) is 16.2 Å². The Bertz CT molecular complexity index is 3140. The highest BCUT2D eigenvalue weighted by Crippen LogP contribution is 2.46. The highest BCUT2D eigenvalue weighted by Gasteiger charge is 2.19. The SMILES string of the molecule is c1ccc(-c2ccc(N(c3ccc(-c4ccc5oc6ccc7sc(-c8ccccc8)nc7c6c5c4)cc3)c3cccc4c3sc3ccccc34)cc2)cc1. The first-order valence-corrected chi connectivity index (χ1v) is 19.7. The van der Waals surface area contributed by atoms with Crippen LogP contribution in [-0.2, 0) is 0 Å². The fourth-order valence-electron chi connectivity index (χ4n) is 7.71. The van der Waals surface area contributed by atoms with Crippen LogP contribution in [0.5, 0.6) is 0 Å². The Labute approximate surface area is 319 Å². The van der Waals surface area contributed by atoms with E-state index < -0.39 is 0 Å². The molecule has 0 fully saturated rings. The zero-order valence-electron chi connectivity index (χ0n) is 28.9. The second kappa shape index (κ2) is 12.6. The minimum Gasteiger partial charge on any atom is -0.456 e. The monoisotopic (exact) mass is 726 g/mol. The van der Waals surface area contributed by atoms with Crippen LogP contribution in [0.15, 0.2) is 186 Å². The Hall–Kier alpha value is -6.53. The highest BCUT2D eigenvalue weighted by atomic mass is 32.1. The number of benzene rings is 8. The second-order valence-corrected chi connectivity index (χ2v) is 15.6. The Balaban J connectivity index is 1.02. The van der Waals surface area contributed by atoms with Crippen molar-refractivity contribution in [2.45, 2.75) is 0 Å². The predicted molar refractivity (Wildman–Crippen MR) is 231 cm³/mol. The van der Waals surface area contributed by atoms with E-state index in [4.69, 9.17) is 9.40 Å².